The van der Waals surface area contributed by atoms with Crippen molar-refractivity contribution in [2.75, 3.05) is 11.5 Å². The van der Waals surface area contributed by atoms with Crippen molar-refractivity contribution in [3.05, 3.63) is 0 Å². The first kappa shape index (κ1) is 13.0. The molecule has 0 N–H and O–H groups in total. The molecular weight excluding hydrogens is 208 g/mol. The minimum Gasteiger partial charge on any atom is -0.229 e. The zero-order chi connectivity index (χ0) is 12.1. The Morgan fingerprint density at radius 2 is 1.07 bits per heavy atom. The fraction of sp³-hybridized carbons (Fsp3) is 1.00. The summed E-state index contributed by atoms with van der Waals surface area (Å²) in [6.45, 7) is 12.9. The Balaban J connectivity index is 3.06. The summed E-state index contributed by atoms with van der Waals surface area (Å²) in [7, 11) is -2.81. The Kier molecular flexibility index (Phi) is 3.01. The molecule has 0 aromatic heterocycles. The number of sulfone groups is 1. The number of hydrogen-bond donors (Lipinski definition) is 0. The molecule has 1 aliphatic rings. The van der Waals surface area contributed by atoms with Gasteiger partial charge >= 0.3 is 0 Å². The first-order valence-corrected chi connectivity index (χ1v) is 7.46. The molecule has 0 radical (unpaired) electrons. The normalized spacial score (nSPS) is 31.9. The van der Waals surface area contributed by atoms with Crippen LogP contribution in [0.3, 0.4) is 0 Å². The van der Waals surface area contributed by atoms with Crippen molar-refractivity contribution in [2.24, 2.45) is 22.7 Å². The summed E-state index contributed by atoms with van der Waals surface area (Å²) < 4.78 is 23.5. The predicted molar refractivity (Wildman–Crippen MR) is 64.5 cm³/mol. The van der Waals surface area contributed by atoms with Gasteiger partial charge in [0.05, 0.1) is 11.5 Å². The number of hydrogen-bond acceptors (Lipinski definition) is 2. The third-order valence-corrected chi connectivity index (χ3v) is 5.31. The van der Waals surface area contributed by atoms with Crippen molar-refractivity contribution in [3.63, 3.8) is 0 Å². The van der Waals surface area contributed by atoms with Gasteiger partial charge in [-0.05, 0) is 22.7 Å². The lowest BCUT2D eigenvalue weighted by molar-refractivity contribution is 0.115. The molecule has 0 spiro atoms. The Bertz CT molecular complexity index is 300. The summed E-state index contributed by atoms with van der Waals surface area (Å²) in [6.07, 6.45) is 0. The Hall–Kier alpha value is -0.0500. The lowest BCUT2D eigenvalue weighted by atomic mass is 9.66. The molecular formula is C12H24O2S. The molecule has 2 atom stereocenters. The van der Waals surface area contributed by atoms with Crippen molar-refractivity contribution in [3.8, 4) is 0 Å². The molecule has 0 bridgehead atoms. The zero-order valence-corrected chi connectivity index (χ0v) is 11.6. The smallest absolute Gasteiger partial charge is 0.150 e. The standard InChI is InChI=1S/C12H24O2S/c1-11(2,3)9-7-15(13,14)8-10(9)12(4,5)6/h9-10H,7-8H2,1-6H3/t9-,10+. The van der Waals surface area contributed by atoms with Crippen LogP contribution in [0.1, 0.15) is 41.5 Å². The van der Waals surface area contributed by atoms with E-state index in [4.69, 9.17) is 0 Å². The van der Waals surface area contributed by atoms with Gasteiger partial charge in [0.2, 0.25) is 0 Å². The maximum Gasteiger partial charge on any atom is 0.150 e. The Labute approximate surface area is 94.4 Å². The quantitative estimate of drug-likeness (QED) is 0.643. The summed E-state index contributed by atoms with van der Waals surface area (Å²) in [6, 6.07) is 0. The topological polar surface area (TPSA) is 34.1 Å². The molecule has 1 heterocycles. The van der Waals surface area contributed by atoms with Crippen LogP contribution >= 0.6 is 0 Å². The minimum absolute atomic E-state index is 0.0848. The molecule has 1 aliphatic heterocycles. The van der Waals surface area contributed by atoms with E-state index in [0.29, 0.717) is 23.3 Å². The lowest BCUT2D eigenvalue weighted by Crippen LogP contribution is -2.34. The molecule has 0 saturated carbocycles. The summed E-state index contributed by atoms with van der Waals surface area (Å²) >= 11 is 0. The largest absolute Gasteiger partial charge is 0.229 e. The van der Waals surface area contributed by atoms with Crippen molar-refractivity contribution in [2.45, 2.75) is 41.5 Å². The molecule has 0 aromatic rings. The SMILES string of the molecule is CC(C)(C)[C@@H]1CS(=O)(=O)C[C@@H]1C(C)(C)C. The fourth-order valence-electron chi connectivity index (χ4n) is 2.55. The van der Waals surface area contributed by atoms with Crippen LogP contribution in [0, 0.1) is 22.7 Å². The second-order valence-electron chi connectivity index (χ2n) is 7.02. The highest BCUT2D eigenvalue weighted by Crippen LogP contribution is 2.46. The van der Waals surface area contributed by atoms with E-state index in [-0.39, 0.29) is 10.8 Å². The molecule has 0 aromatic carbocycles. The number of rotatable bonds is 0. The van der Waals surface area contributed by atoms with Gasteiger partial charge in [0.1, 0.15) is 0 Å². The lowest BCUT2D eigenvalue weighted by Gasteiger charge is -2.38. The Morgan fingerprint density at radius 3 is 1.27 bits per heavy atom. The summed E-state index contributed by atoms with van der Waals surface area (Å²) in [5.41, 5.74) is 0.170. The van der Waals surface area contributed by atoms with Gasteiger partial charge in [-0.15, -0.1) is 0 Å². The van der Waals surface area contributed by atoms with E-state index in [2.05, 4.69) is 41.5 Å². The van der Waals surface area contributed by atoms with Gasteiger partial charge in [-0.3, -0.25) is 0 Å². The predicted octanol–water partition coefficient (Wildman–Crippen LogP) is 2.74. The van der Waals surface area contributed by atoms with Crippen LogP contribution in [0.2, 0.25) is 0 Å². The second kappa shape index (κ2) is 3.47. The van der Waals surface area contributed by atoms with Crippen LogP contribution < -0.4 is 0 Å². The van der Waals surface area contributed by atoms with Gasteiger partial charge in [0.15, 0.2) is 9.84 Å². The van der Waals surface area contributed by atoms with E-state index in [1.165, 1.54) is 0 Å². The van der Waals surface area contributed by atoms with Crippen LogP contribution in [0.5, 0.6) is 0 Å². The highest BCUT2D eigenvalue weighted by Gasteiger charge is 2.47. The van der Waals surface area contributed by atoms with E-state index >= 15 is 0 Å². The van der Waals surface area contributed by atoms with Crippen molar-refractivity contribution >= 4 is 9.84 Å². The molecule has 1 rings (SSSR count). The maximum absolute atomic E-state index is 11.7. The van der Waals surface area contributed by atoms with Gasteiger partial charge in [-0.1, -0.05) is 41.5 Å². The first-order chi connectivity index (χ1) is 6.43. The van der Waals surface area contributed by atoms with Gasteiger partial charge in [-0.2, -0.15) is 0 Å². The average Bonchev–Trinajstić information content (AvgIpc) is 2.23. The molecule has 90 valence electrons. The van der Waals surface area contributed by atoms with E-state index in [1.54, 1.807) is 0 Å². The van der Waals surface area contributed by atoms with Crippen LogP contribution in [-0.2, 0) is 9.84 Å². The van der Waals surface area contributed by atoms with Crippen LogP contribution in [0.15, 0.2) is 0 Å². The molecule has 2 nitrogen and oxygen atoms in total. The van der Waals surface area contributed by atoms with E-state index in [0.717, 1.165) is 0 Å². The molecule has 15 heavy (non-hydrogen) atoms. The van der Waals surface area contributed by atoms with Gasteiger partial charge < -0.3 is 0 Å². The Morgan fingerprint density at radius 1 is 0.800 bits per heavy atom. The van der Waals surface area contributed by atoms with Gasteiger partial charge in [-0.25, -0.2) is 8.42 Å². The van der Waals surface area contributed by atoms with Gasteiger partial charge in [0, 0.05) is 0 Å². The van der Waals surface area contributed by atoms with E-state index in [9.17, 15) is 8.42 Å². The molecule has 0 aliphatic carbocycles. The van der Waals surface area contributed by atoms with E-state index in [1.807, 2.05) is 0 Å². The molecule has 1 saturated heterocycles. The molecule has 0 amide bonds. The first-order valence-electron chi connectivity index (χ1n) is 5.64. The monoisotopic (exact) mass is 232 g/mol. The molecule has 0 unspecified atom stereocenters. The van der Waals surface area contributed by atoms with Crippen LogP contribution in [0.4, 0.5) is 0 Å². The highest BCUT2D eigenvalue weighted by atomic mass is 32.2. The maximum atomic E-state index is 11.7. The van der Waals surface area contributed by atoms with Crippen LogP contribution in [0.25, 0.3) is 0 Å². The van der Waals surface area contributed by atoms with Crippen LogP contribution in [-0.4, -0.2) is 19.9 Å². The third-order valence-electron chi connectivity index (χ3n) is 3.58. The van der Waals surface area contributed by atoms with Crippen molar-refractivity contribution in [1.29, 1.82) is 0 Å². The van der Waals surface area contributed by atoms with E-state index < -0.39 is 9.84 Å². The molecule has 1 fully saturated rings. The highest BCUT2D eigenvalue weighted by molar-refractivity contribution is 7.91. The summed E-state index contributed by atoms with van der Waals surface area (Å²) in [4.78, 5) is 0. The molecule has 3 heteroatoms. The van der Waals surface area contributed by atoms with Crippen molar-refractivity contribution < 1.29 is 8.42 Å². The summed E-state index contributed by atoms with van der Waals surface area (Å²) in [5, 5.41) is 0. The second-order valence-corrected chi connectivity index (χ2v) is 9.18. The zero-order valence-electron chi connectivity index (χ0n) is 10.8. The fourth-order valence-corrected chi connectivity index (χ4v) is 5.25. The average molecular weight is 232 g/mol. The van der Waals surface area contributed by atoms with Gasteiger partial charge in [0.25, 0.3) is 0 Å². The third kappa shape index (κ3) is 2.96. The van der Waals surface area contributed by atoms with Crippen molar-refractivity contribution in [1.82, 2.24) is 0 Å². The summed E-state index contributed by atoms with van der Waals surface area (Å²) in [5.74, 6) is 1.33. The minimum atomic E-state index is -2.81.